The number of carbonyl (C=O) groups is 1. The van der Waals surface area contributed by atoms with Crippen LogP contribution in [-0.2, 0) is 14.6 Å². The molecule has 4 atom stereocenters. The molecular formula is C17H20F2O4S. The number of sulfone groups is 1. The van der Waals surface area contributed by atoms with Crippen LogP contribution in [0.2, 0.25) is 0 Å². The van der Waals surface area contributed by atoms with Gasteiger partial charge in [0.1, 0.15) is 12.3 Å². The van der Waals surface area contributed by atoms with Gasteiger partial charge in [-0.3, -0.25) is 4.79 Å². The number of carboxylic acid groups (broad SMARTS) is 1. The normalized spacial score (nSPS) is 28.7. The van der Waals surface area contributed by atoms with Crippen molar-refractivity contribution in [1.29, 1.82) is 0 Å². The molecule has 132 valence electrons. The Hall–Kier alpha value is -1.50. The molecule has 0 spiro atoms. The largest absolute Gasteiger partial charge is 0.481 e. The molecule has 0 bridgehead atoms. The van der Waals surface area contributed by atoms with Gasteiger partial charge in [-0.1, -0.05) is 12.1 Å². The molecular weight excluding hydrogens is 338 g/mol. The summed E-state index contributed by atoms with van der Waals surface area (Å²) in [6, 6.07) is 5.87. The van der Waals surface area contributed by atoms with Crippen molar-refractivity contribution in [3.63, 3.8) is 0 Å². The molecule has 4 nitrogen and oxygen atoms in total. The third kappa shape index (κ3) is 3.45. The van der Waals surface area contributed by atoms with Crippen LogP contribution in [0, 0.1) is 5.92 Å². The second-order valence-electron chi connectivity index (χ2n) is 6.81. The fourth-order valence-corrected chi connectivity index (χ4v) is 5.05. The molecule has 2 aliphatic rings. The standard InChI is InChI=1S/C17H20F2O4S/c18-15-8-10(9-16(15)19)7-14(17(20)21)11-1-3-12(4-2-11)24(22,23)13-5-6-13/h1-4,10,13-16H,5-9H2,(H,20,21)/t10-,14?,15+,16-. The number of hydrogen-bond acceptors (Lipinski definition) is 3. The first-order valence-corrected chi connectivity index (χ1v) is 9.68. The highest BCUT2D eigenvalue weighted by Gasteiger charge is 2.38. The predicted molar refractivity (Wildman–Crippen MR) is 84.2 cm³/mol. The highest BCUT2D eigenvalue weighted by molar-refractivity contribution is 7.92. The van der Waals surface area contributed by atoms with Crippen LogP contribution in [0.1, 0.15) is 43.6 Å². The molecule has 0 amide bonds. The fourth-order valence-electron chi connectivity index (χ4n) is 3.39. The minimum absolute atomic E-state index is 0.0408. The van der Waals surface area contributed by atoms with Gasteiger partial charge in [0.15, 0.2) is 9.84 Å². The van der Waals surface area contributed by atoms with Gasteiger partial charge in [0.2, 0.25) is 0 Å². The highest BCUT2D eigenvalue weighted by atomic mass is 32.2. The van der Waals surface area contributed by atoms with Crippen LogP contribution >= 0.6 is 0 Å². The maximum Gasteiger partial charge on any atom is 0.310 e. The quantitative estimate of drug-likeness (QED) is 0.847. The van der Waals surface area contributed by atoms with Crippen molar-refractivity contribution < 1.29 is 27.1 Å². The van der Waals surface area contributed by atoms with Gasteiger partial charge in [-0.2, -0.15) is 0 Å². The smallest absolute Gasteiger partial charge is 0.310 e. The zero-order chi connectivity index (χ0) is 17.5. The van der Waals surface area contributed by atoms with E-state index in [4.69, 9.17) is 0 Å². The Morgan fingerprint density at radius 2 is 1.67 bits per heavy atom. The monoisotopic (exact) mass is 358 g/mol. The zero-order valence-corrected chi connectivity index (χ0v) is 13.9. The van der Waals surface area contributed by atoms with Gasteiger partial charge < -0.3 is 5.11 Å². The average molecular weight is 358 g/mol. The van der Waals surface area contributed by atoms with Crippen molar-refractivity contribution in [3.05, 3.63) is 29.8 Å². The van der Waals surface area contributed by atoms with Gasteiger partial charge in [-0.05, 0) is 55.7 Å². The number of benzene rings is 1. The van der Waals surface area contributed by atoms with Gasteiger partial charge in [0.05, 0.1) is 16.1 Å². The molecule has 1 unspecified atom stereocenters. The zero-order valence-electron chi connectivity index (χ0n) is 13.1. The van der Waals surface area contributed by atoms with E-state index in [9.17, 15) is 27.1 Å². The Kier molecular flexibility index (Phi) is 4.64. The summed E-state index contributed by atoms with van der Waals surface area (Å²) in [5.74, 6) is -2.26. The number of rotatable bonds is 6. The Morgan fingerprint density at radius 1 is 1.12 bits per heavy atom. The van der Waals surface area contributed by atoms with Gasteiger partial charge in [0, 0.05) is 0 Å². The van der Waals surface area contributed by atoms with E-state index in [1.54, 1.807) is 0 Å². The Labute approximate surface area is 139 Å². The lowest BCUT2D eigenvalue weighted by molar-refractivity contribution is -0.139. The molecule has 2 fully saturated rings. The van der Waals surface area contributed by atoms with Gasteiger partial charge in [-0.25, -0.2) is 17.2 Å². The van der Waals surface area contributed by atoms with E-state index >= 15 is 0 Å². The van der Waals surface area contributed by atoms with Crippen LogP contribution in [-0.4, -0.2) is 37.1 Å². The van der Waals surface area contributed by atoms with Crippen molar-refractivity contribution >= 4 is 15.8 Å². The van der Waals surface area contributed by atoms with E-state index in [0.29, 0.717) is 18.4 Å². The Balaban J connectivity index is 1.75. The summed E-state index contributed by atoms with van der Waals surface area (Å²) in [4.78, 5) is 11.7. The van der Waals surface area contributed by atoms with Crippen LogP contribution in [0.3, 0.4) is 0 Å². The lowest BCUT2D eigenvalue weighted by Crippen LogP contribution is -2.16. The number of hydrogen-bond donors (Lipinski definition) is 1. The van der Waals surface area contributed by atoms with Crippen LogP contribution in [0.4, 0.5) is 8.78 Å². The lowest BCUT2D eigenvalue weighted by atomic mass is 9.88. The van der Waals surface area contributed by atoms with E-state index in [2.05, 4.69) is 0 Å². The van der Waals surface area contributed by atoms with E-state index in [0.717, 1.165) is 0 Å². The summed E-state index contributed by atoms with van der Waals surface area (Å²) < 4.78 is 50.9. The minimum Gasteiger partial charge on any atom is -0.481 e. The highest BCUT2D eigenvalue weighted by Crippen LogP contribution is 2.38. The molecule has 1 aromatic rings. The second kappa shape index (κ2) is 6.43. The van der Waals surface area contributed by atoms with Gasteiger partial charge >= 0.3 is 5.97 Å². The van der Waals surface area contributed by atoms with Crippen molar-refractivity contribution in [2.45, 2.75) is 60.5 Å². The summed E-state index contributed by atoms with van der Waals surface area (Å²) >= 11 is 0. The molecule has 2 saturated carbocycles. The fraction of sp³-hybridized carbons (Fsp3) is 0.588. The van der Waals surface area contributed by atoms with Crippen LogP contribution in [0.25, 0.3) is 0 Å². The topological polar surface area (TPSA) is 71.4 Å². The van der Waals surface area contributed by atoms with Crippen molar-refractivity contribution in [2.75, 3.05) is 0 Å². The molecule has 3 rings (SSSR count). The minimum atomic E-state index is -3.31. The van der Waals surface area contributed by atoms with Crippen LogP contribution in [0.5, 0.6) is 0 Å². The van der Waals surface area contributed by atoms with Crippen molar-refractivity contribution in [1.82, 2.24) is 0 Å². The molecule has 1 aromatic carbocycles. The number of aliphatic carboxylic acids is 1. The van der Waals surface area contributed by atoms with Crippen LogP contribution < -0.4 is 0 Å². The van der Waals surface area contributed by atoms with E-state index in [-0.39, 0.29) is 35.3 Å². The summed E-state index contributed by atoms with van der Waals surface area (Å²) in [7, 11) is -3.31. The first-order valence-electron chi connectivity index (χ1n) is 8.14. The molecule has 0 radical (unpaired) electrons. The van der Waals surface area contributed by atoms with E-state index < -0.39 is 34.1 Å². The third-order valence-electron chi connectivity index (χ3n) is 4.95. The molecule has 0 heterocycles. The number of alkyl halides is 2. The number of carboxylic acids is 1. The van der Waals surface area contributed by atoms with Gasteiger partial charge in [-0.15, -0.1) is 0 Å². The molecule has 0 aliphatic heterocycles. The summed E-state index contributed by atoms with van der Waals surface area (Å²) in [5, 5.41) is 9.12. The first-order chi connectivity index (χ1) is 11.3. The first kappa shape index (κ1) is 17.3. The predicted octanol–water partition coefficient (Wildman–Crippen LogP) is 3.27. The van der Waals surface area contributed by atoms with Crippen molar-refractivity contribution in [3.8, 4) is 0 Å². The maximum absolute atomic E-state index is 13.3. The Morgan fingerprint density at radius 3 is 2.12 bits per heavy atom. The maximum atomic E-state index is 13.3. The molecule has 24 heavy (non-hydrogen) atoms. The average Bonchev–Trinajstić information content (AvgIpc) is 3.33. The van der Waals surface area contributed by atoms with E-state index in [1.165, 1.54) is 24.3 Å². The van der Waals surface area contributed by atoms with Crippen LogP contribution in [0.15, 0.2) is 29.2 Å². The van der Waals surface area contributed by atoms with Crippen molar-refractivity contribution in [2.24, 2.45) is 5.92 Å². The molecule has 1 N–H and O–H groups in total. The van der Waals surface area contributed by atoms with Gasteiger partial charge in [0.25, 0.3) is 0 Å². The summed E-state index contributed by atoms with van der Waals surface area (Å²) in [6.07, 6.45) is -1.47. The lowest BCUT2D eigenvalue weighted by Gasteiger charge is -2.17. The molecule has 0 saturated heterocycles. The second-order valence-corrected chi connectivity index (χ2v) is 9.04. The number of halogens is 2. The molecule has 2 aliphatic carbocycles. The third-order valence-corrected chi connectivity index (χ3v) is 7.23. The Bertz CT molecular complexity index is 703. The van der Waals surface area contributed by atoms with E-state index in [1.807, 2.05) is 0 Å². The SMILES string of the molecule is O=C(O)C(C[C@H]1C[C@@H](F)[C@@H](F)C1)c1ccc(S(=O)(=O)C2CC2)cc1. The summed E-state index contributed by atoms with van der Waals surface area (Å²) in [5.41, 5.74) is 0.468. The molecule has 7 heteroatoms. The summed E-state index contributed by atoms with van der Waals surface area (Å²) in [6.45, 7) is 0. The molecule has 0 aromatic heterocycles.